The van der Waals surface area contributed by atoms with Crippen LogP contribution in [-0.2, 0) is 11.3 Å². The summed E-state index contributed by atoms with van der Waals surface area (Å²) >= 11 is 0. The number of carbonyl (C=O) groups excluding carboxylic acids is 1. The number of anilines is 1. The van der Waals surface area contributed by atoms with Crippen LogP contribution in [0.5, 0.6) is 0 Å². The molecule has 0 heterocycles. The van der Waals surface area contributed by atoms with Crippen molar-refractivity contribution in [1.82, 2.24) is 0 Å². The summed E-state index contributed by atoms with van der Waals surface area (Å²) in [6.45, 7) is 3.99. The molecule has 2 rings (SSSR count). The number of carboxylic acid groups (broad SMARTS) is 1. The van der Waals surface area contributed by atoms with E-state index in [0.717, 1.165) is 11.1 Å². The Morgan fingerprint density at radius 3 is 2.39 bits per heavy atom. The van der Waals surface area contributed by atoms with Crippen molar-refractivity contribution in [3.8, 4) is 0 Å². The summed E-state index contributed by atoms with van der Waals surface area (Å²) in [6.07, 6.45) is -0.676. The highest BCUT2D eigenvalue weighted by atomic mass is 16.5. The predicted octanol–water partition coefficient (Wildman–Crippen LogP) is 4.26. The fraction of sp³-hybridized carbons (Fsp3) is 0.222. The van der Waals surface area contributed by atoms with Gasteiger partial charge in [0.25, 0.3) is 0 Å². The topological polar surface area (TPSA) is 75.6 Å². The lowest BCUT2D eigenvalue weighted by atomic mass is 9.98. The first kappa shape index (κ1) is 16.5. The number of para-hydroxylation sites is 1. The molecule has 2 aromatic rings. The van der Waals surface area contributed by atoms with Crippen LogP contribution in [0.25, 0.3) is 0 Å². The fourth-order valence-electron chi connectivity index (χ4n) is 2.23. The van der Waals surface area contributed by atoms with Crippen LogP contribution in [0, 0.1) is 0 Å². The quantitative estimate of drug-likeness (QED) is 0.865. The largest absolute Gasteiger partial charge is 0.478 e. The standard InChI is InChI=1S/C18H19NO4/c1-12(2)14-9-6-10-15(17(20)21)16(14)19-18(22)23-11-13-7-4-3-5-8-13/h3-10,12H,11H2,1-2H3,(H,19,22)(H,20,21). The smallest absolute Gasteiger partial charge is 0.411 e. The third kappa shape index (κ3) is 4.32. The van der Waals surface area contributed by atoms with Crippen LogP contribution in [-0.4, -0.2) is 17.2 Å². The minimum atomic E-state index is -1.09. The monoisotopic (exact) mass is 313 g/mol. The first-order valence-corrected chi connectivity index (χ1v) is 7.33. The summed E-state index contributed by atoms with van der Waals surface area (Å²) in [5.74, 6) is -1.02. The first-order valence-electron chi connectivity index (χ1n) is 7.33. The van der Waals surface area contributed by atoms with Gasteiger partial charge in [0.1, 0.15) is 6.61 Å². The highest BCUT2D eigenvalue weighted by Crippen LogP contribution is 2.28. The van der Waals surface area contributed by atoms with E-state index in [4.69, 9.17) is 4.74 Å². The van der Waals surface area contributed by atoms with Gasteiger partial charge in [-0.3, -0.25) is 5.32 Å². The Labute approximate surface area is 134 Å². The summed E-state index contributed by atoms with van der Waals surface area (Å²) in [5, 5.41) is 11.9. The first-order chi connectivity index (χ1) is 11.0. The van der Waals surface area contributed by atoms with Crippen LogP contribution >= 0.6 is 0 Å². The molecule has 0 aliphatic rings. The van der Waals surface area contributed by atoms with Gasteiger partial charge >= 0.3 is 12.1 Å². The zero-order valence-electron chi connectivity index (χ0n) is 13.1. The van der Waals surface area contributed by atoms with Crippen molar-refractivity contribution < 1.29 is 19.4 Å². The molecule has 5 heteroatoms. The molecule has 2 aromatic carbocycles. The van der Waals surface area contributed by atoms with Crippen molar-refractivity contribution in [2.75, 3.05) is 5.32 Å². The zero-order chi connectivity index (χ0) is 16.8. The van der Waals surface area contributed by atoms with E-state index in [1.807, 2.05) is 44.2 Å². The molecule has 0 radical (unpaired) electrons. The highest BCUT2D eigenvalue weighted by molar-refractivity contribution is 5.99. The van der Waals surface area contributed by atoms with Crippen molar-refractivity contribution in [1.29, 1.82) is 0 Å². The lowest BCUT2D eigenvalue weighted by Crippen LogP contribution is -2.18. The summed E-state index contributed by atoms with van der Waals surface area (Å²) in [5.41, 5.74) is 1.95. The maximum atomic E-state index is 12.0. The van der Waals surface area contributed by atoms with Crippen LogP contribution in [0.15, 0.2) is 48.5 Å². The van der Waals surface area contributed by atoms with E-state index >= 15 is 0 Å². The highest BCUT2D eigenvalue weighted by Gasteiger charge is 2.18. The molecule has 0 bridgehead atoms. The Hall–Kier alpha value is -2.82. The maximum absolute atomic E-state index is 12.0. The molecular weight excluding hydrogens is 294 g/mol. The van der Waals surface area contributed by atoms with E-state index in [9.17, 15) is 14.7 Å². The molecule has 0 aromatic heterocycles. The Morgan fingerprint density at radius 1 is 1.09 bits per heavy atom. The van der Waals surface area contributed by atoms with Crippen LogP contribution < -0.4 is 5.32 Å². The van der Waals surface area contributed by atoms with E-state index in [0.29, 0.717) is 0 Å². The molecule has 5 nitrogen and oxygen atoms in total. The van der Waals surface area contributed by atoms with Gasteiger partial charge in [-0.05, 0) is 23.1 Å². The van der Waals surface area contributed by atoms with Crippen LogP contribution in [0.2, 0.25) is 0 Å². The lowest BCUT2D eigenvalue weighted by molar-refractivity contribution is 0.0698. The van der Waals surface area contributed by atoms with Gasteiger partial charge in [-0.1, -0.05) is 56.3 Å². The second-order valence-electron chi connectivity index (χ2n) is 5.42. The van der Waals surface area contributed by atoms with Crippen LogP contribution in [0.3, 0.4) is 0 Å². The minimum absolute atomic E-state index is 0.0489. The van der Waals surface area contributed by atoms with Gasteiger partial charge in [0.05, 0.1) is 11.3 Å². The third-order valence-electron chi connectivity index (χ3n) is 3.39. The normalized spacial score (nSPS) is 10.4. The van der Waals surface area contributed by atoms with Gasteiger partial charge in [-0.2, -0.15) is 0 Å². The SMILES string of the molecule is CC(C)c1cccc(C(=O)O)c1NC(=O)OCc1ccccc1. The summed E-state index contributed by atoms with van der Waals surface area (Å²) < 4.78 is 5.16. The fourth-order valence-corrected chi connectivity index (χ4v) is 2.23. The van der Waals surface area contributed by atoms with Crippen molar-refractivity contribution >= 4 is 17.7 Å². The molecular formula is C18H19NO4. The van der Waals surface area contributed by atoms with Crippen LogP contribution in [0.1, 0.15) is 41.3 Å². The Morgan fingerprint density at radius 2 is 1.78 bits per heavy atom. The number of rotatable bonds is 5. The minimum Gasteiger partial charge on any atom is -0.478 e. The molecule has 0 saturated carbocycles. The number of ether oxygens (including phenoxy) is 1. The molecule has 0 saturated heterocycles. The molecule has 120 valence electrons. The molecule has 0 aliphatic heterocycles. The Balaban J connectivity index is 2.15. The number of carbonyl (C=O) groups is 2. The Kier molecular flexibility index (Phi) is 5.36. The molecule has 0 atom stereocenters. The van der Waals surface area contributed by atoms with E-state index in [2.05, 4.69) is 5.32 Å². The van der Waals surface area contributed by atoms with Gasteiger partial charge in [0.2, 0.25) is 0 Å². The molecule has 23 heavy (non-hydrogen) atoms. The zero-order valence-corrected chi connectivity index (χ0v) is 13.1. The van der Waals surface area contributed by atoms with Crippen molar-refractivity contribution in [3.05, 3.63) is 65.2 Å². The van der Waals surface area contributed by atoms with Gasteiger partial charge in [-0.25, -0.2) is 9.59 Å². The number of hydrogen-bond acceptors (Lipinski definition) is 3. The number of nitrogens with one attached hydrogen (secondary N) is 1. The van der Waals surface area contributed by atoms with Crippen LogP contribution in [0.4, 0.5) is 10.5 Å². The number of benzene rings is 2. The number of hydrogen-bond donors (Lipinski definition) is 2. The summed E-state index contributed by atoms with van der Waals surface area (Å²) in [6, 6.07) is 14.2. The van der Waals surface area contributed by atoms with E-state index < -0.39 is 12.1 Å². The molecule has 0 unspecified atom stereocenters. The maximum Gasteiger partial charge on any atom is 0.411 e. The second kappa shape index (κ2) is 7.45. The molecule has 1 amide bonds. The number of amides is 1. The predicted molar refractivity (Wildman–Crippen MR) is 87.7 cm³/mol. The number of aromatic carboxylic acids is 1. The van der Waals surface area contributed by atoms with Crippen molar-refractivity contribution in [2.45, 2.75) is 26.4 Å². The van der Waals surface area contributed by atoms with E-state index in [1.165, 1.54) is 6.07 Å². The molecule has 0 fully saturated rings. The van der Waals surface area contributed by atoms with Crippen molar-refractivity contribution in [2.24, 2.45) is 0 Å². The second-order valence-corrected chi connectivity index (χ2v) is 5.42. The molecule has 0 aliphatic carbocycles. The van der Waals surface area contributed by atoms with Gasteiger partial charge in [0.15, 0.2) is 0 Å². The van der Waals surface area contributed by atoms with E-state index in [-0.39, 0.29) is 23.8 Å². The van der Waals surface area contributed by atoms with Gasteiger partial charge in [-0.15, -0.1) is 0 Å². The summed E-state index contributed by atoms with van der Waals surface area (Å²) in [4.78, 5) is 23.4. The molecule has 0 spiro atoms. The van der Waals surface area contributed by atoms with Gasteiger partial charge in [0, 0.05) is 0 Å². The average molecular weight is 313 g/mol. The van der Waals surface area contributed by atoms with Gasteiger partial charge < -0.3 is 9.84 Å². The van der Waals surface area contributed by atoms with Crippen molar-refractivity contribution in [3.63, 3.8) is 0 Å². The molecule has 2 N–H and O–H groups in total. The lowest BCUT2D eigenvalue weighted by Gasteiger charge is -2.16. The number of carboxylic acids is 1. The van der Waals surface area contributed by atoms with E-state index in [1.54, 1.807) is 12.1 Å². The Bertz CT molecular complexity index is 695. The average Bonchev–Trinajstić information content (AvgIpc) is 2.53. The summed E-state index contributed by atoms with van der Waals surface area (Å²) in [7, 11) is 0. The third-order valence-corrected chi connectivity index (χ3v) is 3.39.